The zero-order valence-corrected chi connectivity index (χ0v) is 12.6. The summed E-state index contributed by atoms with van der Waals surface area (Å²) in [6, 6.07) is -0.366. The predicted octanol–water partition coefficient (Wildman–Crippen LogP) is 0.764. The second kappa shape index (κ2) is 7.41. The number of hydrogen-bond acceptors (Lipinski definition) is 3. The van der Waals surface area contributed by atoms with E-state index in [4.69, 9.17) is 0 Å². The monoisotopic (exact) mass is 331 g/mol. The summed E-state index contributed by atoms with van der Waals surface area (Å²) in [6.45, 7) is 2.39. The highest BCUT2D eigenvalue weighted by molar-refractivity contribution is 7.87. The molecule has 0 aromatic rings. The van der Waals surface area contributed by atoms with Gasteiger partial charge in [-0.2, -0.15) is 26.3 Å². The van der Waals surface area contributed by atoms with Crippen LogP contribution in [0.3, 0.4) is 0 Å². The Balaban J connectivity index is 2.40. The average molecular weight is 331 g/mol. The summed E-state index contributed by atoms with van der Waals surface area (Å²) in [7, 11) is -3.59. The largest absolute Gasteiger partial charge is 0.397 e. The first-order valence-electron chi connectivity index (χ1n) is 6.74. The van der Waals surface area contributed by atoms with Gasteiger partial charge in [-0.3, -0.25) is 4.79 Å². The Morgan fingerprint density at radius 3 is 2.33 bits per heavy atom. The van der Waals surface area contributed by atoms with Crippen molar-refractivity contribution in [3.63, 3.8) is 0 Å². The van der Waals surface area contributed by atoms with Gasteiger partial charge < -0.3 is 4.90 Å². The number of likely N-dealkylation sites (tertiary alicyclic amines) is 1. The molecule has 1 rings (SSSR count). The van der Waals surface area contributed by atoms with Gasteiger partial charge in [0, 0.05) is 25.7 Å². The van der Waals surface area contributed by atoms with Gasteiger partial charge in [0.1, 0.15) is 6.42 Å². The third-order valence-electron chi connectivity index (χ3n) is 3.06. The zero-order valence-electron chi connectivity index (χ0n) is 11.7. The van der Waals surface area contributed by atoms with Crippen LogP contribution in [0.1, 0.15) is 32.6 Å². The smallest absolute Gasteiger partial charge is 0.342 e. The highest BCUT2D eigenvalue weighted by Crippen LogP contribution is 2.22. The van der Waals surface area contributed by atoms with E-state index in [1.165, 1.54) is 0 Å². The minimum atomic E-state index is -4.51. The van der Waals surface area contributed by atoms with E-state index < -0.39 is 28.7 Å². The maximum absolute atomic E-state index is 12.1. The highest BCUT2D eigenvalue weighted by atomic mass is 32.2. The molecular weight excluding hydrogens is 311 g/mol. The van der Waals surface area contributed by atoms with E-state index in [1.807, 2.05) is 6.92 Å². The van der Waals surface area contributed by atoms with Crippen LogP contribution in [0.25, 0.3) is 0 Å². The summed E-state index contributed by atoms with van der Waals surface area (Å²) in [6.07, 6.45) is -4.72. The van der Waals surface area contributed by atoms with Crippen molar-refractivity contribution in [3.8, 4) is 0 Å². The Labute approximate surface area is 122 Å². The molecule has 0 aliphatic carbocycles. The second-order valence-corrected chi connectivity index (χ2v) is 6.49. The number of carbonyl (C=O) groups is 1. The molecule has 0 saturated carbocycles. The fourth-order valence-electron chi connectivity index (χ4n) is 2.03. The van der Waals surface area contributed by atoms with Crippen LogP contribution in [0.4, 0.5) is 13.2 Å². The number of piperidine rings is 1. The maximum Gasteiger partial charge on any atom is 0.397 e. The standard InChI is InChI=1S/C11H20F3N3O3S/c1-2-5-15-21(19,20)16-9-3-6-17(7-4-9)10(18)8-11(12,13)14/h9,15-16H,2-8H2,1H3. The molecule has 6 nitrogen and oxygen atoms in total. The SMILES string of the molecule is CCCNS(=O)(=O)NC1CCN(C(=O)CC(F)(F)F)CC1. The summed E-state index contributed by atoms with van der Waals surface area (Å²) >= 11 is 0. The van der Waals surface area contributed by atoms with Crippen molar-refractivity contribution >= 4 is 16.1 Å². The summed E-state index contributed by atoms with van der Waals surface area (Å²) in [5.74, 6) is -0.965. The van der Waals surface area contributed by atoms with Crippen molar-refractivity contribution in [2.75, 3.05) is 19.6 Å². The van der Waals surface area contributed by atoms with Gasteiger partial charge in [-0.05, 0) is 19.3 Å². The van der Waals surface area contributed by atoms with Crippen LogP contribution >= 0.6 is 0 Å². The lowest BCUT2D eigenvalue weighted by atomic mass is 10.1. The molecular formula is C11H20F3N3O3S. The van der Waals surface area contributed by atoms with Crippen molar-refractivity contribution in [2.45, 2.75) is 44.8 Å². The summed E-state index contributed by atoms with van der Waals surface area (Å²) < 4.78 is 64.4. The van der Waals surface area contributed by atoms with Crippen LogP contribution in [0.5, 0.6) is 0 Å². The highest BCUT2D eigenvalue weighted by Gasteiger charge is 2.35. The molecule has 1 saturated heterocycles. The number of nitrogens with one attached hydrogen (secondary N) is 2. The minimum absolute atomic E-state index is 0.121. The lowest BCUT2D eigenvalue weighted by Crippen LogP contribution is -2.49. The quantitative estimate of drug-likeness (QED) is 0.754. The summed E-state index contributed by atoms with van der Waals surface area (Å²) in [5, 5.41) is 0. The number of nitrogens with zero attached hydrogens (tertiary/aromatic N) is 1. The third kappa shape index (κ3) is 7.09. The topological polar surface area (TPSA) is 78.5 Å². The molecule has 0 atom stereocenters. The zero-order chi connectivity index (χ0) is 16.1. The lowest BCUT2D eigenvalue weighted by Gasteiger charge is -2.32. The van der Waals surface area contributed by atoms with E-state index in [0.717, 1.165) is 4.90 Å². The normalized spacial score (nSPS) is 18.0. The summed E-state index contributed by atoms with van der Waals surface area (Å²) in [4.78, 5) is 12.5. The number of carbonyl (C=O) groups excluding carboxylic acids is 1. The molecule has 0 aromatic heterocycles. The van der Waals surface area contributed by atoms with Gasteiger partial charge in [0.15, 0.2) is 0 Å². The molecule has 1 heterocycles. The molecule has 0 bridgehead atoms. The second-order valence-electron chi connectivity index (χ2n) is 4.96. The van der Waals surface area contributed by atoms with Gasteiger partial charge in [0.05, 0.1) is 0 Å². The van der Waals surface area contributed by atoms with E-state index >= 15 is 0 Å². The number of halogens is 3. The number of amides is 1. The summed E-state index contributed by atoms with van der Waals surface area (Å²) in [5.41, 5.74) is 0. The molecule has 1 aliphatic heterocycles. The average Bonchev–Trinajstić information content (AvgIpc) is 2.35. The molecule has 2 N–H and O–H groups in total. The first-order chi connectivity index (χ1) is 9.63. The molecule has 0 unspecified atom stereocenters. The predicted molar refractivity (Wildman–Crippen MR) is 70.6 cm³/mol. The van der Waals surface area contributed by atoms with Crippen LogP contribution in [0.15, 0.2) is 0 Å². The van der Waals surface area contributed by atoms with E-state index in [1.54, 1.807) is 0 Å². The van der Waals surface area contributed by atoms with Gasteiger partial charge in [-0.15, -0.1) is 0 Å². The van der Waals surface area contributed by atoms with E-state index in [2.05, 4.69) is 9.44 Å². The van der Waals surface area contributed by atoms with E-state index in [-0.39, 0.29) is 19.1 Å². The Hall–Kier alpha value is -0.870. The molecule has 21 heavy (non-hydrogen) atoms. The Kier molecular flexibility index (Phi) is 6.41. The van der Waals surface area contributed by atoms with Gasteiger partial charge in [-0.1, -0.05) is 6.92 Å². The molecule has 1 fully saturated rings. The van der Waals surface area contributed by atoms with Crippen LogP contribution in [0, 0.1) is 0 Å². The molecule has 1 amide bonds. The first kappa shape index (κ1) is 18.2. The number of alkyl halides is 3. The van der Waals surface area contributed by atoms with Crippen LogP contribution in [0.2, 0.25) is 0 Å². The number of rotatable bonds is 6. The van der Waals surface area contributed by atoms with Gasteiger partial charge in [0.25, 0.3) is 10.2 Å². The van der Waals surface area contributed by atoms with Crippen molar-refractivity contribution in [1.29, 1.82) is 0 Å². The third-order valence-corrected chi connectivity index (χ3v) is 4.29. The van der Waals surface area contributed by atoms with Crippen LogP contribution in [-0.4, -0.2) is 51.1 Å². The van der Waals surface area contributed by atoms with Crippen molar-refractivity contribution in [1.82, 2.24) is 14.3 Å². The maximum atomic E-state index is 12.1. The fourth-order valence-corrected chi connectivity index (χ4v) is 3.26. The molecule has 1 aliphatic rings. The molecule has 10 heteroatoms. The fraction of sp³-hybridized carbons (Fsp3) is 0.909. The Bertz CT molecular complexity index is 445. The van der Waals surface area contributed by atoms with Gasteiger partial charge >= 0.3 is 6.18 Å². The Morgan fingerprint density at radius 1 is 1.29 bits per heavy atom. The molecule has 0 radical (unpaired) electrons. The van der Waals surface area contributed by atoms with Crippen LogP contribution in [-0.2, 0) is 15.0 Å². The Morgan fingerprint density at radius 2 is 1.86 bits per heavy atom. The first-order valence-corrected chi connectivity index (χ1v) is 8.22. The van der Waals surface area contributed by atoms with Gasteiger partial charge in [-0.25, -0.2) is 4.72 Å². The molecule has 124 valence electrons. The minimum Gasteiger partial charge on any atom is -0.342 e. The molecule has 0 aromatic carbocycles. The van der Waals surface area contributed by atoms with Gasteiger partial charge in [0.2, 0.25) is 5.91 Å². The van der Waals surface area contributed by atoms with E-state index in [0.29, 0.717) is 25.8 Å². The van der Waals surface area contributed by atoms with E-state index in [9.17, 15) is 26.4 Å². The lowest BCUT2D eigenvalue weighted by molar-refractivity contribution is -0.162. The number of hydrogen-bond donors (Lipinski definition) is 2. The van der Waals surface area contributed by atoms with Crippen molar-refractivity contribution < 1.29 is 26.4 Å². The van der Waals surface area contributed by atoms with Crippen molar-refractivity contribution in [3.05, 3.63) is 0 Å². The molecule has 0 spiro atoms. The van der Waals surface area contributed by atoms with Crippen LogP contribution < -0.4 is 9.44 Å². The van der Waals surface area contributed by atoms with Crippen molar-refractivity contribution in [2.24, 2.45) is 0 Å².